The van der Waals surface area contributed by atoms with E-state index in [1.165, 1.54) is 6.08 Å². The maximum atomic E-state index is 10.4. The molecule has 0 radical (unpaired) electrons. The van der Waals surface area contributed by atoms with Gasteiger partial charge in [0.2, 0.25) is 0 Å². The molecule has 10 heavy (non-hydrogen) atoms. The van der Waals surface area contributed by atoms with Gasteiger partial charge in [-0.1, -0.05) is 6.08 Å². The minimum absolute atomic E-state index is 0.131. The molecule has 0 fully saturated rings. The lowest BCUT2D eigenvalue weighted by Gasteiger charge is -2.10. The van der Waals surface area contributed by atoms with Gasteiger partial charge in [0.15, 0.2) is 0 Å². The van der Waals surface area contributed by atoms with Crippen LogP contribution in [0.1, 0.15) is 6.42 Å². The van der Waals surface area contributed by atoms with Crippen molar-refractivity contribution in [2.75, 3.05) is 13.1 Å². The van der Waals surface area contributed by atoms with E-state index in [9.17, 15) is 8.42 Å². The molecule has 0 bridgehead atoms. The highest BCUT2D eigenvalue weighted by atomic mass is 32.2. The first kappa shape index (κ1) is 7.71. The van der Waals surface area contributed by atoms with Crippen LogP contribution in [0.25, 0.3) is 0 Å². The van der Waals surface area contributed by atoms with E-state index in [-0.39, 0.29) is 4.91 Å². The zero-order chi connectivity index (χ0) is 7.61. The highest BCUT2D eigenvalue weighted by Crippen LogP contribution is 2.10. The standard InChI is InChI=1S/C5H9NO3S/c7-10(8,9)5-1-3-6-4-2-5/h1,6H,2-4H2,(H,7,8,9). The summed E-state index contributed by atoms with van der Waals surface area (Å²) >= 11 is 0. The molecule has 1 rings (SSSR count). The summed E-state index contributed by atoms with van der Waals surface area (Å²) < 4.78 is 29.4. The van der Waals surface area contributed by atoms with Crippen molar-refractivity contribution in [3.63, 3.8) is 0 Å². The molecule has 2 N–H and O–H groups in total. The van der Waals surface area contributed by atoms with Crippen LogP contribution in [0.2, 0.25) is 0 Å². The summed E-state index contributed by atoms with van der Waals surface area (Å²) in [4.78, 5) is 0.131. The first-order valence-corrected chi connectivity index (χ1v) is 4.42. The Balaban J connectivity index is 2.82. The minimum Gasteiger partial charge on any atom is -0.313 e. The molecule has 1 aliphatic rings. The van der Waals surface area contributed by atoms with Crippen molar-refractivity contribution in [2.45, 2.75) is 6.42 Å². The van der Waals surface area contributed by atoms with Crippen LogP contribution < -0.4 is 5.32 Å². The maximum absolute atomic E-state index is 10.4. The molecule has 0 saturated heterocycles. The molecule has 1 heterocycles. The second-order valence-corrected chi connectivity index (χ2v) is 3.57. The van der Waals surface area contributed by atoms with E-state index in [1.807, 2.05) is 0 Å². The summed E-state index contributed by atoms with van der Waals surface area (Å²) in [6.45, 7) is 1.14. The van der Waals surface area contributed by atoms with Crippen LogP contribution in [0.15, 0.2) is 11.0 Å². The number of hydrogen-bond acceptors (Lipinski definition) is 3. The van der Waals surface area contributed by atoms with Crippen LogP contribution in [0.4, 0.5) is 0 Å². The van der Waals surface area contributed by atoms with E-state index < -0.39 is 10.1 Å². The lowest BCUT2D eigenvalue weighted by atomic mass is 10.3. The van der Waals surface area contributed by atoms with Crippen molar-refractivity contribution in [3.8, 4) is 0 Å². The number of hydrogen-bond donors (Lipinski definition) is 2. The Morgan fingerprint density at radius 1 is 1.60 bits per heavy atom. The summed E-state index contributed by atoms with van der Waals surface area (Å²) in [5.74, 6) is 0. The Morgan fingerprint density at radius 2 is 2.30 bits per heavy atom. The van der Waals surface area contributed by atoms with Crippen LogP contribution in [-0.2, 0) is 10.1 Å². The molecule has 0 aliphatic carbocycles. The first-order chi connectivity index (χ1) is 4.61. The fourth-order valence-corrected chi connectivity index (χ4v) is 1.49. The summed E-state index contributed by atoms with van der Waals surface area (Å²) in [6, 6.07) is 0. The summed E-state index contributed by atoms with van der Waals surface area (Å²) in [5.41, 5.74) is 0. The molecule has 0 aromatic carbocycles. The normalized spacial score (nSPS) is 20.3. The second kappa shape index (κ2) is 2.69. The van der Waals surface area contributed by atoms with E-state index in [0.717, 1.165) is 0 Å². The Bertz CT molecular complexity index is 242. The summed E-state index contributed by atoms with van der Waals surface area (Å²) in [6.07, 6.45) is 1.87. The van der Waals surface area contributed by atoms with Gasteiger partial charge in [0.05, 0.1) is 4.91 Å². The van der Waals surface area contributed by atoms with Crippen molar-refractivity contribution >= 4 is 10.1 Å². The predicted octanol–water partition coefficient (Wildman–Crippen LogP) is -0.249. The second-order valence-electron chi connectivity index (χ2n) is 2.10. The monoisotopic (exact) mass is 163 g/mol. The third-order valence-corrected chi connectivity index (χ3v) is 2.39. The van der Waals surface area contributed by atoms with Crippen molar-refractivity contribution in [2.24, 2.45) is 0 Å². The molecule has 4 nitrogen and oxygen atoms in total. The third-order valence-electron chi connectivity index (χ3n) is 1.35. The highest BCUT2D eigenvalue weighted by molar-refractivity contribution is 7.89. The summed E-state index contributed by atoms with van der Waals surface area (Å²) in [5, 5.41) is 2.93. The van der Waals surface area contributed by atoms with Gasteiger partial charge in [0.25, 0.3) is 10.1 Å². The minimum atomic E-state index is -3.90. The Labute approximate surface area is 59.7 Å². The quantitative estimate of drug-likeness (QED) is 0.523. The van der Waals surface area contributed by atoms with Gasteiger partial charge in [0.1, 0.15) is 0 Å². The largest absolute Gasteiger partial charge is 0.313 e. The van der Waals surface area contributed by atoms with Gasteiger partial charge in [-0.3, -0.25) is 4.55 Å². The zero-order valence-corrected chi connectivity index (χ0v) is 6.19. The zero-order valence-electron chi connectivity index (χ0n) is 5.37. The fourth-order valence-electron chi connectivity index (χ4n) is 0.836. The summed E-state index contributed by atoms with van der Waals surface area (Å²) in [7, 11) is -3.90. The lowest BCUT2D eigenvalue weighted by Crippen LogP contribution is -2.23. The van der Waals surface area contributed by atoms with Crippen LogP contribution in [0, 0.1) is 0 Å². The van der Waals surface area contributed by atoms with Crippen molar-refractivity contribution < 1.29 is 13.0 Å². The highest BCUT2D eigenvalue weighted by Gasteiger charge is 2.14. The molecule has 1 aliphatic heterocycles. The first-order valence-electron chi connectivity index (χ1n) is 2.98. The van der Waals surface area contributed by atoms with Crippen LogP contribution in [-0.4, -0.2) is 26.1 Å². The van der Waals surface area contributed by atoms with E-state index >= 15 is 0 Å². The van der Waals surface area contributed by atoms with Gasteiger partial charge in [-0.05, 0) is 6.42 Å². The Morgan fingerprint density at radius 3 is 2.60 bits per heavy atom. The smallest absolute Gasteiger partial charge is 0.290 e. The Kier molecular flexibility index (Phi) is 2.08. The van der Waals surface area contributed by atoms with E-state index in [4.69, 9.17) is 4.55 Å². The average Bonchev–Trinajstić information content (AvgIpc) is 1.88. The maximum Gasteiger partial charge on any atom is 0.290 e. The molecular formula is C5H9NO3S. The van der Waals surface area contributed by atoms with Crippen LogP contribution in [0.5, 0.6) is 0 Å². The van der Waals surface area contributed by atoms with Crippen molar-refractivity contribution in [3.05, 3.63) is 11.0 Å². The van der Waals surface area contributed by atoms with Gasteiger partial charge in [0, 0.05) is 13.1 Å². The lowest BCUT2D eigenvalue weighted by molar-refractivity contribution is 0.487. The molecule has 0 aromatic heterocycles. The third kappa shape index (κ3) is 1.80. The predicted molar refractivity (Wildman–Crippen MR) is 37.1 cm³/mol. The van der Waals surface area contributed by atoms with Crippen LogP contribution >= 0.6 is 0 Å². The van der Waals surface area contributed by atoms with E-state index in [0.29, 0.717) is 19.5 Å². The number of rotatable bonds is 1. The SMILES string of the molecule is O=S(=O)(O)C1=CCNCC1. The van der Waals surface area contributed by atoms with Gasteiger partial charge in [-0.2, -0.15) is 8.42 Å². The molecule has 0 saturated carbocycles. The molecule has 0 aromatic rings. The molecule has 0 amide bonds. The van der Waals surface area contributed by atoms with Crippen molar-refractivity contribution in [1.82, 2.24) is 5.32 Å². The molecule has 0 unspecified atom stereocenters. The fraction of sp³-hybridized carbons (Fsp3) is 0.600. The van der Waals surface area contributed by atoms with Crippen LogP contribution in [0.3, 0.4) is 0 Å². The molecule has 5 heteroatoms. The van der Waals surface area contributed by atoms with Crippen molar-refractivity contribution in [1.29, 1.82) is 0 Å². The van der Waals surface area contributed by atoms with E-state index in [2.05, 4.69) is 5.32 Å². The van der Waals surface area contributed by atoms with Gasteiger partial charge in [-0.25, -0.2) is 0 Å². The average molecular weight is 163 g/mol. The molecule has 0 atom stereocenters. The van der Waals surface area contributed by atoms with Gasteiger partial charge in [-0.15, -0.1) is 0 Å². The molecule has 58 valence electrons. The van der Waals surface area contributed by atoms with Gasteiger partial charge < -0.3 is 5.32 Å². The van der Waals surface area contributed by atoms with E-state index in [1.54, 1.807) is 0 Å². The number of nitrogens with one attached hydrogen (secondary N) is 1. The molecular weight excluding hydrogens is 154 g/mol. The van der Waals surface area contributed by atoms with Gasteiger partial charge >= 0.3 is 0 Å². The molecule has 0 spiro atoms. The Hall–Kier alpha value is -0.390. The topological polar surface area (TPSA) is 66.4 Å².